The van der Waals surface area contributed by atoms with Crippen molar-refractivity contribution in [3.63, 3.8) is 0 Å². The Morgan fingerprint density at radius 3 is 2.38 bits per heavy atom. The Hall–Kier alpha value is -1.98. The van der Waals surface area contributed by atoms with Crippen LogP contribution < -0.4 is 4.74 Å². The fourth-order valence-electron chi connectivity index (χ4n) is 2.10. The molecule has 0 aromatic heterocycles. The fourth-order valence-corrected chi connectivity index (χ4v) is 2.10. The van der Waals surface area contributed by atoms with E-state index in [0.29, 0.717) is 0 Å². The monoisotopic (exact) mass is 326 g/mol. The number of benzene rings is 1. The lowest BCUT2D eigenvalue weighted by molar-refractivity contribution is 0.151. The van der Waals surface area contributed by atoms with Crippen molar-refractivity contribution in [1.29, 1.82) is 0 Å². The van der Waals surface area contributed by atoms with Crippen LogP contribution >= 0.6 is 0 Å². The molecule has 0 amide bonds. The van der Waals surface area contributed by atoms with Gasteiger partial charge in [0.1, 0.15) is 18.5 Å². The second kappa shape index (κ2) is 14.6. The van der Waals surface area contributed by atoms with Gasteiger partial charge in [-0.2, -0.15) is 0 Å². The molecular formula is C22H30O2. The van der Waals surface area contributed by atoms with E-state index in [-0.39, 0.29) is 6.61 Å². The van der Waals surface area contributed by atoms with Crippen molar-refractivity contribution in [2.75, 3.05) is 6.61 Å². The Bertz CT molecular complexity index is 520. The van der Waals surface area contributed by atoms with Crippen molar-refractivity contribution in [1.82, 2.24) is 0 Å². The maximum absolute atomic E-state index is 9.73. The van der Waals surface area contributed by atoms with Crippen LogP contribution in [-0.4, -0.2) is 17.8 Å². The highest BCUT2D eigenvalue weighted by Gasteiger charge is 1.99. The summed E-state index contributed by atoms with van der Waals surface area (Å²) in [6, 6.07) is 9.45. The summed E-state index contributed by atoms with van der Waals surface area (Å²) in [4.78, 5) is 0. The zero-order valence-electron chi connectivity index (χ0n) is 14.8. The molecular weight excluding hydrogens is 296 g/mol. The maximum Gasteiger partial charge on any atom is 0.148 e. The molecule has 2 heteroatoms. The van der Waals surface area contributed by atoms with Gasteiger partial charge in [0, 0.05) is 0 Å². The van der Waals surface area contributed by atoms with E-state index in [2.05, 4.69) is 37.0 Å². The van der Waals surface area contributed by atoms with Crippen molar-refractivity contribution in [3.05, 3.63) is 54.6 Å². The van der Waals surface area contributed by atoms with Gasteiger partial charge in [-0.15, -0.1) is 0 Å². The number of rotatable bonds is 11. The van der Waals surface area contributed by atoms with Gasteiger partial charge in [0.25, 0.3) is 0 Å². The molecule has 1 rings (SSSR count). The first kappa shape index (κ1) is 20.1. The van der Waals surface area contributed by atoms with E-state index in [1.165, 1.54) is 38.5 Å². The molecule has 0 aliphatic heterocycles. The van der Waals surface area contributed by atoms with Crippen LogP contribution in [-0.2, 0) is 0 Å². The lowest BCUT2D eigenvalue weighted by Crippen LogP contribution is -2.14. The Kier molecular flexibility index (Phi) is 12.2. The van der Waals surface area contributed by atoms with Crippen molar-refractivity contribution < 1.29 is 9.84 Å². The van der Waals surface area contributed by atoms with Crippen molar-refractivity contribution in [2.24, 2.45) is 0 Å². The molecule has 0 bridgehead atoms. The molecule has 0 aliphatic carbocycles. The molecule has 1 atom stereocenters. The highest BCUT2D eigenvalue weighted by atomic mass is 16.5. The van der Waals surface area contributed by atoms with Crippen molar-refractivity contribution in [3.8, 4) is 17.6 Å². The Labute approximate surface area is 147 Å². The van der Waals surface area contributed by atoms with E-state index >= 15 is 0 Å². The number of aliphatic hydroxyl groups is 1. The molecule has 2 nitrogen and oxygen atoms in total. The minimum absolute atomic E-state index is 0.190. The number of hydrogen-bond acceptors (Lipinski definition) is 2. The summed E-state index contributed by atoms with van der Waals surface area (Å²) in [6.45, 7) is 2.41. The van der Waals surface area contributed by atoms with Gasteiger partial charge in [0.15, 0.2) is 0 Å². The predicted molar refractivity (Wildman–Crippen MR) is 102 cm³/mol. The number of para-hydroxylation sites is 1. The third-order valence-corrected chi connectivity index (χ3v) is 3.48. The van der Waals surface area contributed by atoms with Crippen LogP contribution in [0.2, 0.25) is 0 Å². The molecule has 1 unspecified atom stereocenters. The van der Waals surface area contributed by atoms with E-state index in [4.69, 9.17) is 4.74 Å². The highest BCUT2D eigenvalue weighted by molar-refractivity contribution is 5.22. The Balaban J connectivity index is 2.04. The largest absolute Gasteiger partial charge is 0.490 e. The molecule has 0 saturated carbocycles. The van der Waals surface area contributed by atoms with Crippen LogP contribution in [0.5, 0.6) is 5.75 Å². The molecule has 0 spiro atoms. The molecule has 0 radical (unpaired) electrons. The Morgan fingerprint density at radius 1 is 1.00 bits per heavy atom. The Morgan fingerprint density at radius 2 is 1.67 bits per heavy atom. The van der Waals surface area contributed by atoms with E-state index in [1.807, 2.05) is 36.4 Å². The van der Waals surface area contributed by atoms with Crippen LogP contribution in [0, 0.1) is 11.8 Å². The summed E-state index contributed by atoms with van der Waals surface area (Å²) in [5, 5.41) is 9.73. The van der Waals surface area contributed by atoms with Gasteiger partial charge >= 0.3 is 0 Å². The van der Waals surface area contributed by atoms with E-state index < -0.39 is 6.10 Å². The average Bonchev–Trinajstić information content (AvgIpc) is 2.62. The first-order chi connectivity index (χ1) is 11.8. The van der Waals surface area contributed by atoms with Gasteiger partial charge in [-0.3, -0.25) is 0 Å². The summed E-state index contributed by atoms with van der Waals surface area (Å²) in [7, 11) is 0. The first-order valence-corrected chi connectivity index (χ1v) is 9.00. The molecule has 0 saturated heterocycles. The number of aliphatic hydroxyl groups excluding tert-OH is 1. The molecule has 0 aliphatic rings. The topological polar surface area (TPSA) is 29.5 Å². The smallest absolute Gasteiger partial charge is 0.148 e. The standard InChI is InChI=1S/C22H30O2/c1-2-3-4-5-6-7-8-9-10-11-12-14-17-21(23)20-24-22-18-15-13-16-19-22/h5-6,11-13,15-16,18-19,21,23H,2-4,7-10,20H2,1H3/b6-5-,12-11-. The zero-order valence-corrected chi connectivity index (χ0v) is 14.8. The average molecular weight is 326 g/mol. The molecule has 1 N–H and O–H groups in total. The minimum atomic E-state index is -0.761. The quantitative estimate of drug-likeness (QED) is 0.340. The second-order valence-corrected chi connectivity index (χ2v) is 5.73. The van der Waals surface area contributed by atoms with E-state index in [0.717, 1.165) is 12.2 Å². The van der Waals surface area contributed by atoms with Gasteiger partial charge in [-0.05, 0) is 50.3 Å². The summed E-state index contributed by atoms with van der Waals surface area (Å²) in [5.41, 5.74) is 0. The van der Waals surface area contributed by atoms with E-state index in [1.54, 1.807) is 0 Å². The minimum Gasteiger partial charge on any atom is -0.490 e. The van der Waals surface area contributed by atoms with Gasteiger partial charge in [-0.25, -0.2) is 0 Å². The van der Waals surface area contributed by atoms with Crippen LogP contribution in [0.3, 0.4) is 0 Å². The van der Waals surface area contributed by atoms with Crippen molar-refractivity contribution >= 4 is 0 Å². The molecule has 130 valence electrons. The van der Waals surface area contributed by atoms with E-state index in [9.17, 15) is 5.11 Å². The summed E-state index contributed by atoms with van der Waals surface area (Å²) < 4.78 is 5.44. The zero-order chi connectivity index (χ0) is 17.3. The number of hydrogen-bond donors (Lipinski definition) is 1. The highest BCUT2D eigenvalue weighted by Crippen LogP contribution is 2.08. The summed E-state index contributed by atoms with van der Waals surface area (Å²) in [5.74, 6) is 6.39. The molecule has 1 aromatic carbocycles. The predicted octanol–water partition coefficient (Wildman–Crippen LogP) is 5.29. The van der Waals surface area contributed by atoms with Gasteiger partial charge in [-0.1, -0.05) is 68.0 Å². The molecule has 24 heavy (non-hydrogen) atoms. The number of allylic oxidation sites excluding steroid dienone is 4. The third kappa shape index (κ3) is 11.6. The summed E-state index contributed by atoms with van der Waals surface area (Å²) >= 11 is 0. The normalized spacial score (nSPS) is 12.2. The van der Waals surface area contributed by atoms with Gasteiger partial charge < -0.3 is 9.84 Å². The summed E-state index contributed by atoms with van der Waals surface area (Å²) in [6.07, 6.45) is 16.1. The van der Waals surface area contributed by atoms with Crippen LogP contribution in [0.15, 0.2) is 54.6 Å². The first-order valence-electron chi connectivity index (χ1n) is 9.00. The molecule has 0 heterocycles. The lowest BCUT2D eigenvalue weighted by atomic mass is 10.1. The lowest BCUT2D eigenvalue weighted by Gasteiger charge is -2.06. The maximum atomic E-state index is 9.73. The SMILES string of the molecule is CCCC/C=C\CCCC/C=C\C#CC(O)COc1ccccc1. The second-order valence-electron chi connectivity index (χ2n) is 5.73. The number of ether oxygens (including phenoxy) is 1. The van der Waals surface area contributed by atoms with Crippen molar-refractivity contribution in [2.45, 2.75) is 58.0 Å². The fraction of sp³-hybridized carbons (Fsp3) is 0.455. The van der Waals surface area contributed by atoms with Gasteiger partial charge in [0.2, 0.25) is 0 Å². The number of unbranched alkanes of at least 4 members (excludes halogenated alkanes) is 5. The van der Waals surface area contributed by atoms with Gasteiger partial charge in [0.05, 0.1) is 0 Å². The van der Waals surface area contributed by atoms with Crippen LogP contribution in [0.25, 0.3) is 0 Å². The van der Waals surface area contributed by atoms with Crippen LogP contribution in [0.1, 0.15) is 51.9 Å². The third-order valence-electron chi connectivity index (χ3n) is 3.48. The van der Waals surface area contributed by atoms with Crippen LogP contribution in [0.4, 0.5) is 0 Å². The molecule has 0 fully saturated rings. The molecule has 1 aromatic rings.